The minimum atomic E-state index is 0.167. The molecule has 1 saturated heterocycles. The van der Waals surface area contributed by atoms with Gasteiger partial charge in [-0.15, -0.1) is 0 Å². The van der Waals surface area contributed by atoms with Crippen molar-refractivity contribution in [1.29, 1.82) is 0 Å². The number of benzene rings is 1. The molecule has 0 radical (unpaired) electrons. The molecule has 0 aliphatic carbocycles. The minimum Gasteiger partial charge on any atom is -0.363 e. The molecule has 2 nitrogen and oxygen atoms in total. The molecule has 0 aromatic heterocycles. The molecule has 82 valence electrons. The molecule has 1 aromatic rings. The smallest absolute Gasteiger partial charge is 0.112 e. The first-order valence-electron chi connectivity index (χ1n) is 5.34. The average molecular weight is 270 g/mol. The minimum absolute atomic E-state index is 0.167. The van der Waals surface area contributed by atoms with Crippen LogP contribution in [0.15, 0.2) is 28.7 Å². The third-order valence-corrected chi connectivity index (χ3v) is 3.41. The predicted octanol–water partition coefficient (Wildman–Crippen LogP) is 2.57. The van der Waals surface area contributed by atoms with E-state index in [4.69, 9.17) is 4.74 Å². The number of hydrogen-bond donors (Lipinski definition) is 1. The van der Waals surface area contributed by atoms with Crippen LogP contribution in [0.1, 0.15) is 12.5 Å². The molecule has 0 bridgehead atoms. The zero-order chi connectivity index (χ0) is 10.7. The summed E-state index contributed by atoms with van der Waals surface area (Å²) in [6.45, 7) is 4.11. The number of nitrogens with one attached hydrogen (secondary N) is 1. The van der Waals surface area contributed by atoms with E-state index in [1.807, 2.05) is 6.07 Å². The molecule has 1 aromatic carbocycles. The van der Waals surface area contributed by atoms with Crippen molar-refractivity contribution in [2.75, 3.05) is 13.2 Å². The van der Waals surface area contributed by atoms with Crippen LogP contribution in [0.5, 0.6) is 0 Å². The van der Waals surface area contributed by atoms with Crippen LogP contribution in [0, 0.1) is 5.92 Å². The van der Waals surface area contributed by atoms with E-state index < -0.39 is 0 Å². The normalized spacial score (nSPS) is 26.5. The number of rotatable bonds is 2. The summed E-state index contributed by atoms with van der Waals surface area (Å²) in [7, 11) is 0. The van der Waals surface area contributed by atoms with Crippen LogP contribution in [0.4, 0.5) is 0 Å². The third-order valence-electron chi connectivity index (χ3n) is 2.64. The summed E-state index contributed by atoms with van der Waals surface area (Å²) in [5.74, 6) is 0.625. The average Bonchev–Trinajstić information content (AvgIpc) is 2.25. The number of hydrogen-bond acceptors (Lipinski definition) is 2. The Morgan fingerprint density at radius 1 is 1.47 bits per heavy atom. The van der Waals surface area contributed by atoms with Crippen molar-refractivity contribution in [3.05, 3.63) is 34.3 Å². The fraction of sp³-hybridized carbons (Fsp3) is 0.500. The monoisotopic (exact) mass is 269 g/mol. The van der Waals surface area contributed by atoms with E-state index in [0.717, 1.165) is 24.0 Å². The first-order valence-corrected chi connectivity index (χ1v) is 6.13. The van der Waals surface area contributed by atoms with Crippen LogP contribution < -0.4 is 5.32 Å². The van der Waals surface area contributed by atoms with Crippen molar-refractivity contribution < 1.29 is 4.74 Å². The molecule has 2 rings (SSSR count). The van der Waals surface area contributed by atoms with Gasteiger partial charge in [-0.1, -0.05) is 41.1 Å². The van der Waals surface area contributed by atoms with Gasteiger partial charge >= 0.3 is 0 Å². The van der Waals surface area contributed by atoms with Gasteiger partial charge in [0.2, 0.25) is 0 Å². The summed E-state index contributed by atoms with van der Waals surface area (Å²) in [6, 6.07) is 8.30. The summed E-state index contributed by atoms with van der Waals surface area (Å²) >= 11 is 3.55. The zero-order valence-electron chi connectivity index (χ0n) is 8.87. The lowest BCUT2D eigenvalue weighted by molar-refractivity contribution is -0.0228. The van der Waals surface area contributed by atoms with Gasteiger partial charge in [0.25, 0.3) is 0 Å². The molecular formula is C12H16BrNO. The predicted molar refractivity (Wildman–Crippen MR) is 64.8 cm³/mol. The topological polar surface area (TPSA) is 21.3 Å². The second-order valence-corrected chi connectivity index (χ2v) is 4.99. The standard InChI is InChI=1S/C12H16BrNO/c1-9-7-14-12(15-8-9)6-10-4-2-3-5-11(10)13/h2-5,9,12,14H,6-8H2,1H3. The first kappa shape index (κ1) is 11.1. The maximum atomic E-state index is 5.72. The van der Waals surface area contributed by atoms with E-state index in [1.54, 1.807) is 0 Å². The van der Waals surface area contributed by atoms with Crippen molar-refractivity contribution in [2.45, 2.75) is 19.6 Å². The molecule has 0 spiro atoms. The van der Waals surface area contributed by atoms with Gasteiger partial charge < -0.3 is 4.74 Å². The second kappa shape index (κ2) is 5.10. The molecule has 1 fully saturated rings. The molecule has 15 heavy (non-hydrogen) atoms. The molecular weight excluding hydrogens is 254 g/mol. The van der Waals surface area contributed by atoms with E-state index >= 15 is 0 Å². The van der Waals surface area contributed by atoms with Crippen molar-refractivity contribution >= 4 is 15.9 Å². The van der Waals surface area contributed by atoms with Crippen molar-refractivity contribution in [2.24, 2.45) is 5.92 Å². The van der Waals surface area contributed by atoms with Crippen LogP contribution >= 0.6 is 15.9 Å². The van der Waals surface area contributed by atoms with Crippen LogP contribution in [-0.2, 0) is 11.2 Å². The Kier molecular flexibility index (Phi) is 3.78. The lowest BCUT2D eigenvalue weighted by Crippen LogP contribution is -2.43. The Balaban J connectivity index is 1.95. The quantitative estimate of drug-likeness (QED) is 0.891. The molecule has 2 unspecified atom stereocenters. The maximum Gasteiger partial charge on any atom is 0.112 e. The molecule has 0 amide bonds. The Hall–Kier alpha value is -0.380. The van der Waals surface area contributed by atoms with E-state index in [0.29, 0.717) is 5.92 Å². The fourth-order valence-electron chi connectivity index (χ4n) is 1.73. The summed E-state index contributed by atoms with van der Waals surface area (Å²) < 4.78 is 6.88. The van der Waals surface area contributed by atoms with E-state index in [9.17, 15) is 0 Å². The molecule has 0 saturated carbocycles. The lowest BCUT2D eigenvalue weighted by Gasteiger charge is -2.28. The Bertz CT molecular complexity index is 321. The molecule has 1 aliphatic rings. The number of ether oxygens (including phenoxy) is 1. The Morgan fingerprint density at radius 3 is 2.93 bits per heavy atom. The summed E-state index contributed by atoms with van der Waals surface area (Å²) in [4.78, 5) is 0. The van der Waals surface area contributed by atoms with Crippen LogP contribution in [0.2, 0.25) is 0 Å². The van der Waals surface area contributed by atoms with Gasteiger partial charge in [0.1, 0.15) is 6.23 Å². The fourth-order valence-corrected chi connectivity index (χ4v) is 2.17. The molecule has 1 N–H and O–H groups in total. The SMILES string of the molecule is CC1CNC(Cc2ccccc2Br)OC1. The van der Waals surface area contributed by atoms with Gasteiger partial charge in [0.05, 0.1) is 6.61 Å². The van der Waals surface area contributed by atoms with Crippen molar-refractivity contribution in [3.63, 3.8) is 0 Å². The van der Waals surface area contributed by atoms with Gasteiger partial charge in [-0.25, -0.2) is 0 Å². The number of halogens is 1. The summed E-state index contributed by atoms with van der Waals surface area (Å²) in [6.07, 6.45) is 1.09. The molecule has 2 atom stereocenters. The van der Waals surface area contributed by atoms with Crippen LogP contribution in [0.25, 0.3) is 0 Å². The van der Waals surface area contributed by atoms with Crippen LogP contribution in [-0.4, -0.2) is 19.4 Å². The van der Waals surface area contributed by atoms with Gasteiger partial charge in [-0.05, 0) is 17.5 Å². The van der Waals surface area contributed by atoms with E-state index in [1.165, 1.54) is 5.56 Å². The molecule has 1 aliphatic heterocycles. The Labute approximate surface area is 99.1 Å². The van der Waals surface area contributed by atoms with Gasteiger partial charge in [0, 0.05) is 17.4 Å². The highest BCUT2D eigenvalue weighted by Crippen LogP contribution is 2.19. The highest BCUT2D eigenvalue weighted by Gasteiger charge is 2.18. The van der Waals surface area contributed by atoms with Gasteiger partial charge in [-0.3, -0.25) is 5.32 Å². The highest BCUT2D eigenvalue weighted by molar-refractivity contribution is 9.10. The highest BCUT2D eigenvalue weighted by atomic mass is 79.9. The third kappa shape index (κ3) is 3.03. The maximum absolute atomic E-state index is 5.72. The molecule has 1 heterocycles. The van der Waals surface area contributed by atoms with E-state index in [2.05, 4.69) is 46.4 Å². The summed E-state index contributed by atoms with van der Waals surface area (Å²) in [5, 5.41) is 3.40. The first-order chi connectivity index (χ1) is 7.25. The van der Waals surface area contributed by atoms with Crippen molar-refractivity contribution in [3.8, 4) is 0 Å². The Morgan fingerprint density at radius 2 is 2.27 bits per heavy atom. The van der Waals surface area contributed by atoms with Gasteiger partial charge in [0.15, 0.2) is 0 Å². The van der Waals surface area contributed by atoms with Gasteiger partial charge in [-0.2, -0.15) is 0 Å². The summed E-state index contributed by atoms with van der Waals surface area (Å²) in [5.41, 5.74) is 1.30. The van der Waals surface area contributed by atoms with E-state index in [-0.39, 0.29) is 6.23 Å². The van der Waals surface area contributed by atoms with Crippen molar-refractivity contribution in [1.82, 2.24) is 5.32 Å². The molecule has 3 heteroatoms. The largest absolute Gasteiger partial charge is 0.363 e. The van der Waals surface area contributed by atoms with Crippen LogP contribution in [0.3, 0.4) is 0 Å². The zero-order valence-corrected chi connectivity index (χ0v) is 10.5. The second-order valence-electron chi connectivity index (χ2n) is 4.13. The lowest BCUT2D eigenvalue weighted by atomic mass is 10.1.